The summed E-state index contributed by atoms with van der Waals surface area (Å²) in [5, 5.41) is 25.0. The van der Waals surface area contributed by atoms with Crippen molar-refractivity contribution >= 4 is 5.70 Å². The third kappa shape index (κ3) is 1.84. The molecule has 0 aliphatic carbocycles. The van der Waals surface area contributed by atoms with E-state index in [-0.39, 0.29) is 6.04 Å². The number of aliphatic hydroxyl groups excluding tert-OH is 1. The Kier molecular flexibility index (Phi) is 2.78. The molecule has 0 aliphatic rings. The third-order valence-electron chi connectivity index (χ3n) is 2.37. The number of hydrogen-bond donors (Lipinski definition) is 1. The molecule has 2 aromatic rings. The number of hydrogen-bond acceptors (Lipinski definition) is 5. The van der Waals surface area contributed by atoms with Gasteiger partial charge >= 0.3 is 0 Å². The van der Waals surface area contributed by atoms with E-state index in [4.69, 9.17) is 0 Å². The van der Waals surface area contributed by atoms with Gasteiger partial charge in [0.2, 0.25) is 0 Å². The van der Waals surface area contributed by atoms with Crippen molar-refractivity contribution in [3.8, 4) is 0 Å². The average molecular weight is 220 g/mol. The summed E-state index contributed by atoms with van der Waals surface area (Å²) in [5.74, 6) is 0. The van der Waals surface area contributed by atoms with Crippen molar-refractivity contribution in [3.05, 3.63) is 31.4 Å². The van der Waals surface area contributed by atoms with Gasteiger partial charge in [0.05, 0.1) is 30.3 Å². The molecule has 0 aliphatic heterocycles. The van der Waals surface area contributed by atoms with Gasteiger partial charge in [-0.15, -0.1) is 10.2 Å². The number of aliphatic hydroxyl groups is 1. The summed E-state index contributed by atoms with van der Waals surface area (Å²) in [6.45, 7) is 5.60. The van der Waals surface area contributed by atoms with Gasteiger partial charge in [-0.3, -0.25) is 0 Å². The van der Waals surface area contributed by atoms with E-state index in [9.17, 15) is 5.11 Å². The monoisotopic (exact) mass is 220 g/mol. The molecule has 0 radical (unpaired) electrons. The zero-order chi connectivity index (χ0) is 11.5. The fourth-order valence-electron chi connectivity index (χ4n) is 1.35. The van der Waals surface area contributed by atoms with E-state index in [0.29, 0.717) is 5.70 Å². The van der Waals surface area contributed by atoms with Crippen LogP contribution in [0.4, 0.5) is 0 Å². The van der Waals surface area contributed by atoms with Crippen LogP contribution in [0.25, 0.3) is 5.70 Å². The van der Waals surface area contributed by atoms with Crippen LogP contribution in [0.2, 0.25) is 0 Å². The second kappa shape index (κ2) is 4.23. The van der Waals surface area contributed by atoms with Gasteiger partial charge in [-0.05, 0) is 6.92 Å². The number of rotatable bonds is 4. The van der Waals surface area contributed by atoms with Crippen LogP contribution in [0.3, 0.4) is 0 Å². The molecule has 0 saturated heterocycles. The van der Waals surface area contributed by atoms with Gasteiger partial charge in [0.15, 0.2) is 0 Å². The zero-order valence-corrected chi connectivity index (χ0v) is 8.80. The molecule has 0 saturated carbocycles. The van der Waals surface area contributed by atoms with Gasteiger partial charge in [-0.1, -0.05) is 17.0 Å². The van der Waals surface area contributed by atoms with Crippen LogP contribution in [-0.4, -0.2) is 41.2 Å². The minimum absolute atomic E-state index is 0.265. The Morgan fingerprint density at radius 1 is 1.25 bits per heavy atom. The maximum Gasteiger partial charge on any atom is 0.118 e. The normalized spacial score (nSPS) is 14.6. The van der Waals surface area contributed by atoms with Crippen LogP contribution in [0.1, 0.15) is 13.0 Å². The van der Waals surface area contributed by atoms with Crippen LogP contribution >= 0.6 is 0 Å². The van der Waals surface area contributed by atoms with Crippen LogP contribution in [-0.2, 0) is 0 Å². The van der Waals surface area contributed by atoms with E-state index in [1.165, 1.54) is 10.9 Å². The van der Waals surface area contributed by atoms with E-state index in [1.807, 2.05) is 6.92 Å². The molecule has 0 amide bonds. The van der Waals surface area contributed by atoms with Gasteiger partial charge in [0, 0.05) is 6.20 Å². The van der Waals surface area contributed by atoms with Crippen LogP contribution < -0.4 is 0 Å². The molecule has 16 heavy (non-hydrogen) atoms. The first kappa shape index (κ1) is 10.5. The van der Waals surface area contributed by atoms with Crippen molar-refractivity contribution < 1.29 is 5.11 Å². The molecule has 0 aromatic carbocycles. The van der Waals surface area contributed by atoms with E-state index in [1.54, 1.807) is 23.3 Å². The molecular weight excluding hydrogens is 208 g/mol. The molecule has 2 rings (SSSR count). The lowest BCUT2D eigenvalue weighted by Crippen LogP contribution is -2.25. The average Bonchev–Trinajstić information content (AvgIpc) is 2.97. The summed E-state index contributed by atoms with van der Waals surface area (Å²) >= 11 is 0. The van der Waals surface area contributed by atoms with E-state index < -0.39 is 6.10 Å². The smallest absolute Gasteiger partial charge is 0.118 e. The minimum Gasteiger partial charge on any atom is -0.385 e. The summed E-state index contributed by atoms with van der Waals surface area (Å²) in [6, 6.07) is -0.265. The second-order valence-corrected chi connectivity index (χ2v) is 3.41. The molecule has 2 unspecified atom stereocenters. The van der Waals surface area contributed by atoms with Crippen LogP contribution in [0, 0.1) is 0 Å². The predicted molar refractivity (Wildman–Crippen MR) is 56.1 cm³/mol. The lowest BCUT2D eigenvalue weighted by Gasteiger charge is -2.20. The maximum atomic E-state index is 10.1. The van der Waals surface area contributed by atoms with Gasteiger partial charge in [0.25, 0.3) is 0 Å². The Labute approximate surface area is 92.0 Å². The first-order valence-electron chi connectivity index (χ1n) is 4.79. The summed E-state index contributed by atoms with van der Waals surface area (Å²) in [5.41, 5.74) is 0.445. The Balaban J connectivity index is 2.14. The van der Waals surface area contributed by atoms with Gasteiger partial charge in [-0.25, -0.2) is 9.36 Å². The Morgan fingerprint density at radius 2 is 1.94 bits per heavy atom. The molecule has 0 spiro atoms. The van der Waals surface area contributed by atoms with Crippen LogP contribution in [0.5, 0.6) is 0 Å². The molecule has 2 heterocycles. The van der Waals surface area contributed by atoms with E-state index >= 15 is 0 Å². The Hall–Kier alpha value is -2.02. The minimum atomic E-state index is -0.802. The number of aromatic nitrogens is 6. The zero-order valence-electron chi connectivity index (χ0n) is 8.80. The Bertz CT molecular complexity index is 448. The van der Waals surface area contributed by atoms with Gasteiger partial charge < -0.3 is 5.11 Å². The molecule has 7 nitrogen and oxygen atoms in total. The quantitative estimate of drug-likeness (QED) is 0.782. The van der Waals surface area contributed by atoms with Crippen molar-refractivity contribution in [1.82, 2.24) is 30.0 Å². The van der Waals surface area contributed by atoms with Crippen LogP contribution in [0.15, 0.2) is 31.4 Å². The highest BCUT2D eigenvalue weighted by Gasteiger charge is 2.21. The fourth-order valence-corrected chi connectivity index (χ4v) is 1.35. The molecule has 0 bridgehead atoms. The van der Waals surface area contributed by atoms with E-state index in [0.717, 1.165) is 0 Å². The molecule has 7 heteroatoms. The van der Waals surface area contributed by atoms with Crippen molar-refractivity contribution in [2.24, 2.45) is 0 Å². The highest BCUT2D eigenvalue weighted by Crippen LogP contribution is 2.17. The van der Waals surface area contributed by atoms with Crippen molar-refractivity contribution in [2.45, 2.75) is 19.1 Å². The third-order valence-corrected chi connectivity index (χ3v) is 2.37. The topological polar surface area (TPSA) is 81.6 Å². The van der Waals surface area contributed by atoms with Crippen molar-refractivity contribution in [2.75, 3.05) is 0 Å². The highest BCUT2D eigenvalue weighted by molar-refractivity contribution is 5.44. The molecule has 1 N–H and O–H groups in total. The van der Waals surface area contributed by atoms with E-state index in [2.05, 4.69) is 27.2 Å². The molecule has 0 fully saturated rings. The standard InChI is InChI=1S/C9H12N6O/c1-7(14-5-3-10-12-14)9(16)8(2)15-6-4-11-13-15/h3-6,8-9,16H,1H2,2H3. The molecular formula is C9H12N6O. The summed E-state index contributed by atoms with van der Waals surface area (Å²) in [6.07, 6.45) is 5.59. The summed E-state index contributed by atoms with van der Waals surface area (Å²) < 4.78 is 2.99. The first-order chi connectivity index (χ1) is 7.70. The molecule has 2 atom stereocenters. The first-order valence-corrected chi connectivity index (χ1v) is 4.79. The summed E-state index contributed by atoms with van der Waals surface area (Å²) in [4.78, 5) is 0. The van der Waals surface area contributed by atoms with Gasteiger partial charge in [-0.2, -0.15) is 0 Å². The summed E-state index contributed by atoms with van der Waals surface area (Å²) in [7, 11) is 0. The predicted octanol–water partition coefficient (Wildman–Crippen LogP) is -0.0376. The molecule has 84 valence electrons. The maximum absolute atomic E-state index is 10.1. The lowest BCUT2D eigenvalue weighted by atomic mass is 10.1. The van der Waals surface area contributed by atoms with Crippen molar-refractivity contribution in [1.29, 1.82) is 0 Å². The van der Waals surface area contributed by atoms with Gasteiger partial charge in [0.1, 0.15) is 6.10 Å². The highest BCUT2D eigenvalue weighted by atomic mass is 16.3. The largest absolute Gasteiger partial charge is 0.385 e. The van der Waals surface area contributed by atoms with Crippen molar-refractivity contribution in [3.63, 3.8) is 0 Å². The Morgan fingerprint density at radius 3 is 2.50 bits per heavy atom. The lowest BCUT2D eigenvalue weighted by molar-refractivity contribution is 0.159. The molecule has 2 aromatic heterocycles. The SMILES string of the molecule is C=C(C(O)C(C)n1ccnn1)n1ccnn1. The number of nitrogens with zero attached hydrogens (tertiary/aromatic N) is 6. The fraction of sp³-hybridized carbons (Fsp3) is 0.333. The second-order valence-electron chi connectivity index (χ2n) is 3.41.